The highest BCUT2D eigenvalue weighted by atomic mass is 35.5. The summed E-state index contributed by atoms with van der Waals surface area (Å²) in [6.45, 7) is 6.47. The molecular weight excluding hydrogens is 280 g/mol. The molecule has 1 aliphatic heterocycles. The molecule has 1 N–H and O–H groups in total. The van der Waals surface area contributed by atoms with Crippen LogP contribution in [0.4, 0.5) is 0 Å². The lowest BCUT2D eigenvalue weighted by Crippen LogP contribution is -2.37. The summed E-state index contributed by atoms with van der Waals surface area (Å²) < 4.78 is 10.6. The van der Waals surface area contributed by atoms with E-state index in [1.807, 2.05) is 26.0 Å². The smallest absolute Gasteiger partial charge is 0.236 e. The lowest BCUT2D eigenvalue weighted by Gasteiger charge is -2.18. The number of nitrogens with one attached hydrogen (secondary N) is 1. The number of fused-ring (bicyclic) bond motifs is 1. The van der Waals surface area contributed by atoms with E-state index in [0.717, 1.165) is 18.7 Å². The van der Waals surface area contributed by atoms with E-state index in [1.54, 1.807) is 4.90 Å². The van der Waals surface area contributed by atoms with E-state index in [9.17, 15) is 4.79 Å². The Balaban J connectivity index is 1.89. The van der Waals surface area contributed by atoms with E-state index >= 15 is 0 Å². The van der Waals surface area contributed by atoms with Gasteiger partial charge in [-0.05, 0) is 31.5 Å². The minimum atomic E-state index is 0.0989. The quantitative estimate of drug-likeness (QED) is 0.873. The topological polar surface area (TPSA) is 50.8 Å². The Kier molecular flexibility index (Phi) is 5.09. The second-order valence-corrected chi connectivity index (χ2v) is 4.89. The Bertz CT molecular complexity index is 490. The number of likely N-dealkylation sites (N-methyl/N-ethyl adjacent to an activating group) is 1. The van der Waals surface area contributed by atoms with Crippen molar-refractivity contribution < 1.29 is 14.3 Å². The first-order valence-electron chi connectivity index (χ1n) is 6.72. The van der Waals surface area contributed by atoms with E-state index in [0.29, 0.717) is 29.6 Å². The fourth-order valence-corrected chi connectivity index (χ4v) is 2.41. The number of carbonyl (C=O) groups is 1. The molecule has 0 aromatic heterocycles. The molecule has 2 rings (SSSR count). The molecule has 0 bridgehead atoms. The first-order valence-corrected chi connectivity index (χ1v) is 7.10. The minimum Gasteiger partial charge on any atom is -0.454 e. The molecule has 5 nitrogen and oxygen atoms in total. The highest BCUT2D eigenvalue weighted by Gasteiger charge is 2.18. The molecule has 0 atom stereocenters. The van der Waals surface area contributed by atoms with Gasteiger partial charge in [-0.3, -0.25) is 4.79 Å². The zero-order valence-electron chi connectivity index (χ0n) is 11.7. The summed E-state index contributed by atoms with van der Waals surface area (Å²) in [5.74, 6) is 1.35. The van der Waals surface area contributed by atoms with E-state index in [-0.39, 0.29) is 12.7 Å². The van der Waals surface area contributed by atoms with Crippen molar-refractivity contribution in [3.8, 4) is 11.5 Å². The Morgan fingerprint density at radius 2 is 2.10 bits per heavy atom. The van der Waals surface area contributed by atoms with Gasteiger partial charge in [-0.25, -0.2) is 0 Å². The predicted octanol–water partition coefficient (Wildman–Crippen LogP) is 2.03. The molecule has 0 saturated carbocycles. The van der Waals surface area contributed by atoms with Crippen LogP contribution in [0, 0.1) is 0 Å². The molecule has 6 heteroatoms. The maximum absolute atomic E-state index is 11.8. The van der Waals surface area contributed by atoms with Gasteiger partial charge in [0.15, 0.2) is 11.5 Å². The Labute approximate surface area is 123 Å². The number of hydrogen-bond acceptors (Lipinski definition) is 4. The molecular formula is C14H19ClN2O3. The average molecular weight is 299 g/mol. The number of rotatable bonds is 6. The van der Waals surface area contributed by atoms with Gasteiger partial charge in [-0.1, -0.05) is 11.6 Å². The van der Waals surface area contributed by atoms with Crippen LogP contribution in [0.25, 0.3) is 0 Å². The van der Waals surface area contributed by atoms with Crippen molar-refractivity contribution in [1.29, 1.82) is 0 Å². The van der Waals surface area contributed by atoms with Crippen LogP contribution in [0.15, 0.2) is 12.1 Å². The van der Waals surface area contributed by atoms with Crippen LogP contribution in [-0.2, 0) is 11.3 Å². The van der Waals surface area contributed by atoms with Crippen LogP contribution in [0.2, 0.25) is 5.02 Å². The van der Waals surface area contributed by atoms with Crippen LogP contribution in [0.3, 0.4) is 0 Å². The highest BCUT2D eigenvalue weighted by Crippen LogP contribution is 2.39. The van der Waals surface area contributed by atoms with Crippen molar-refractivity contribution in [2.45, 2.75) is 20.4 Å². The first kappa shape index (κ1) is 14.9. The van der Waals surface area contributed by atoms with Gasteiger partial charge >= 0.3 is 0 Å². The number of ether oxygens (including phenoxy) is 2. The first-order chi connectivity index (χ1) is 9.65. The minimum absolute atomic E-state index is 0.0989. The standard InChI is InChI=1S/C14H19ClN2O3/c1-3-17(4-2)13(18)8-16-7-10-5-11(15)14-12(6-10)19-9-20-14/h5-6,16H,3-4,7-9H2,1-2H3. The van der Waals surface area contributed by atoms with Crippen LogP contribution in [0.5, 0.6) is 11.5 Å². The van der Waals surface area contributed by atoms with E-state index in [4.69, 9.17) is 21.1 Å². The number of benzene rings is 1. The van der Waals surface area contributed by atoms with Crippen molar-refractivity contribution in [2.75, 3.05) is 26.4 Å². The Morgan fingerprint density at radius 3 is 2.80 bits per heavy atom. The fourth-order valence-electron chi connectivity index (χ4n) is 2.12. The number of halogens is 1. The summed E-state index contributed by atoms with van der Waals surface area (Å²) in [7, 11) is 0. The third-order valence-electron chi connectivity index (χ3n) is 3.21. The second kappa shape index (κ2) is 6.81. The summed E-state index contributed by atoms with van der Waals surface area (Å²) >= 11 is 6.10. The van der Waals surface area contributed by atoms with Crippen molar-refractivity contribution in [3.05, 3.63) is 22.7 Å². The summed E-state index contributed by atoms with van der Waals surface area (Å²) in [6, 6.07) is 3.70. The molecule has 1 aliphatic rings. The number of amides is 1. The average Bonchev–Trinajstić information content (AvgIpc) is 2.89. The van der Waals surface area contributed by atoms with Crippen LogP contribution < -0.4 is 14.8 Å². The molecule has 0 unspecified atom stereocenters. The molecule has 20 heavy (non-hydrogen) atoms. The van der Waals surface area contributed by atoms with E-state index in [1.165, 1.54) is 0 Å². The van der Waals surface area contributed by atoms with Crippen LogP contribution in [-0.4, -0.2) is 37.2 Å². The highest BCUT2D eigenvalue weighted by molar-refractivity contribution is 6.32. The lowest BCUT2D eigenvalue weighted by molar-refractivity contribution is -0.129. The Morgan fingerprint density at radius 1 is 1.35 bits per heavy atom. The van der Waals surface area contributed by atoms with Gasteiger partial charge in [-0.2, -0.15) is 0 Å². The molecule has 1 aromatic carbocycles. The van der Waals surface area contributed by atoms with Gasteiger partial charge in [0.05, 0.1) is 11.6 Å². The number of carbonyl (C=O) groups excluding carboxylic acids is 1. The van der Waals surface area contributed by atoms with Crippen molar-refractivity contribution in [2.24, 2.45) is 0 Å². The molecule has 110 valence electrons. The van der Waals surface area contributed by atoms with Gasteiger partial charge in [0.2, 0.25) is 12.7 Å². The molecule has 1 aromatic rings. The lowest BCUT2D eigenvalue weighted by atomic mass is 10.2. The van der Waals surface area contributed by atoms with E-state index in [2.05, 4.69) is 5.32 Å². The largest absolute Gasteiger partial charge is 0.454 e. The second-order valence-electron chi connectivity index (χ2n) is 4.48. The summed E-state index contributed by atoms with van der Waals surface area (Å²) in [4.78, 5) is 13.6. The summed E-state index contributed by atoms with van der Waals surface area (Å²) in [6.07, 6.45) is 0. The SMILES string of the molecule is CCN(CC)C(=O)CNCc1cc(Cl)c2c(c1)OCO2. The molecule has 0 radical (unpaired) electrons. The molecule has 1 heterocycles. The monoisotopic (exact) mass is 298 g/mol. The summed E-state index contributed by atoms with van der Waals surface area (Å²) in [5.41, 5.74) is 0.964. The van der Waals surface area contributed by atoms with E-state index < -0.39 is 0 Å². The predicted molar refractivity (Wildman–Crippen MR) is 77.2 cm³/mol. The van der Waals surface area contributed by atoms with Gasteiger partial charge in [0.1, 0.15) is 0 Å². The molecule has 0 saturated heterocycles. The van der Waals surface area contributed by atoms with Crippen LogP contribution in [0.1, 0.15) is 19.4 Å². The van der Waals surface area contributed by atoms with Crippen molar-refractivity contribution in [3.63, 3.8) is 0 Å². The Hall–Kier alpha value is -1.46. The fraction of sp³-hybridized carbons (Fsp3) is 0.500. The van der Waals surface area contributed by atoms with Gasteiger partial charge in [0.25, 0.3) is 0 Å². The van der Waals surface area contributed by atoms with Crippen molar-refractivity contribution in [1.82, 2.24) is 10.2 Å². The normalized spacial score (nSPS) is 12.6. The van der Waals surface area contributed by atoms with Gasteiger partial charge < -0.3 is 19.7 Å². The number of hydrogen-bond donors (Lipinski definition) is 1. The van der Waals surface area contributed by atoms with Crippen molar-refractivity contribution >= 4 is 17.5 Å². The maximum atomic E-state index is 11.8. The molecule has 0 spiro atoms. The van der Waals surface area contributed by atoms with Gasteiger partial charge in [0, 0.05) is 19.6 Å². The molecule has 0 fully saturated rings. The van der Waals surface area contributed by atoms with Crippen LogP contribution >= 0.6 is 11.6 Å². The number of nitrogens with zero attached hydrogens (tertiary/aromatic N) is 1. The third kappa shape index (κ3) is 3.35. The summed E-state index contributed by atoms with van der Waals surface area (Å²) in [5, 5.41) is 3.66. The molecule has 0 aliphatic carbocycles. The zero-order chi connectivity index (χ0) is 14.5. The molecule has 1 amide bonds. The zero-order valence-corrected chi connectivity index (χ0v) is 12.5. The van der Waals surface area contributed by atoms with Gasteiger partial charge in [-0.15, -0.1) is 0 Å². The third-order valence-corrected chi connectivity index (χ3v) is 3.49. The maximum Gasteiger partial charge on any atom is 0.236 e.